The van der Waals surface area contributed by atoms with Gasteiger partial charge in [0, 0.05) is 10.9 Å². The lowest BCUT2D eigenvalue weighted by molar-refractivity contribution is 0.583. The molecule has 0 saturated carbocycles. The zero-order valence-corrected chi connectivity index (χ0v) is 11.7. The number of rotatable bonds is 4. The zero-order valence-electron chi connectivity index (χ0n) is 8.58. The maximum atomic E-state index is 12.0. The molecule has 0 aromatic heterocycles. The lowest BCUT2D eigenvalue weighted by atomic mass is 10.3. The van der Waals surface area contributed by atoms with Crippen molar-refractivity contribution in [3.63, 3.8) is 0 Å². The van der Waals surface area contributed by atoms with Crippen LogP contribution in [0, 0.1) is 5.92 Å². The van der Waals surface area contributed by atoms with Crippen LogP contribution in [0.4, 0.5) is 0 Å². The normalized spacial score (nSPS) is 13.8. The summed E-state index contributed by atoms with van der Waals surface area (Å²) in [4.78, 5) is 0.0682. The quantitative estimate of drug-likeness (QED) is 0.796. The third kappa shape index (κ3) is 3.52. The smallest absolute Gasteiger partial charge is 0.180 e. The fourth-order valence-corrected chi connectivity index (χ4v) is 3.89. The maximum Gasteiger partial charge on any atom is 0.180 e. The van der Waals surface area contributed by atoms with E-state index in [4.69, 9.17) is 34.8 Å². The van der Waals surface area contributed by atoms with E-state index in [1.165, 1.54) is 12.1 Å². The van der Waals surface area contributed by atoms with E-state index in [1.54, 1.807) is 13.0 Å². The second kappa shape index (κ2) is 5.58. The van der Waals surface area contributed by atoms with Crippen molar-refractivity contribution in [2.45, 2.75) is 11.8 Å². The van der Waals surface area contributed by atoms with Crippen molar-refractivity contribution >= 4 is 44.6 Å². The molecule has 0 aliphatic carbocycles. The highest BCUT2D eigenvalue weighted by molar-refractivity contribution is 7.91. The lowest BCUT2D eigenvalue weighted by Crippen LogP contribution is -2.15. The predicted octanol–water partition coefficient (Wildman–Crippen LogP) is 3.64. The van der Waals surface area contributed by atoms with Crippen molar-refractivity contribution in [3.05, 3.63) is 28.2 Å². The summed E-state index contributed by atoms with van der Waals surface area (Å²) >= 11 is 17.2. The lowest BCUT2D eigenvalue weighted by Gasteiger charge is -2.10. The van der Waals surface area contributed by atoms with Gasteiger partial charge in [0.25, 0.3) is 0 Å². The van der Waals surface area contributed by atoms with Gasteiger partial charge in [-0.25, -0.2) is 8.42 Å². The number of hydrogen-bond acceptors (Lipinski definition) is 2. The molecule has 2 nitrogen and oxygen atoms in total. The largest absolute Gasteiger partial charge is 0.224 e. The number of benzene rings is 1. The van der Waals surface area contributed by atoms with Gasteiger partial charge in [-0.1, -0.05) is 30.1 Å². The van der Waals surface area contributed by atoms with Crippen LogP contribution in [-0.2, 0) is 9.84 Å². The summed E-state index contributed by atoms with van der Waals surface area (Å²) in [6.45, 7) is 1.77. The number of sulfone groups is 1. The van der Waals surface area contributed by atoms with Crippen LogP contribution in [0.2, 0.25) is 10.0 Å². The van der Waals surface area contributed by atoms with Gasteiger partial charge in [-0.15, -0.1) is 11.6 Å². The summed E-state index contributed by atoms with van der Waals surface area (Å²) in [5, 5.41) is 0.535. The number of halogens is 3. The van der Waals surface area contributed by atoms with E-state index in [2.05, 4.69) is 0 Å². The first-order valence-electron chi connectivity index (χ1n) is 4.60. The Labute approximate surface area is 110 Å². The molecule has 6 heteroatoms. The maximum absolute atomic E-state index is 12.0. The molecule has 1 unspecified atom stereocenters. The van der Waals surface area contributed by atoms with Crippen LogP contribution in [0.5, 0.6) is 0 Å². The Morgan fingerprint density at radius 1 is 1.31 bits per heavy atom. The Bertz CT molecular complexity index is 471. The number of hydrogen-bond donors (Lipinski definition) is 0. The van der Waals surface area contributed by atoms with E-state index in [1.807, 2.05) is 0 Å². The van der Waals surface area contributed by atoms with Crippen LogP contribution in [0.15, 0.2) is 23.1 Å². The average Bonchev–Trinajstić information content (AvgIpc) is 2.20. The molecule has 0 fully saturated rings. The van der Waals surface area contributed by atoms with Gasteiger partial charge < -0.3 is 0 Å². The van der Waals surface area contributed by atoms with Gasteiger partial charge in [0.05, 0.1) is 15.7 Å². The summed E-state index contributed by atoms with van der Waals surface area (Å²) < 4.78 is 23.9. The molecule has 0 aliphatic rings. The SMILES string of the molecule is CC(CCl)CS(=O)(=O)c1cc(Cl)ccc1Cl. The van der Waals surface area contributed by atoms with Gasteiger partial charge >= 0.3 is 0 Å². The first-order chi connectivity index (χ1) is 7.36. The highest BCUT2D eigenvalue weighted by Gasteiger charge is 2.21. The minimum absolute atomic E-state index is 0.0312. The molecule has 0 N–H and O–H groups in total. The molecule has 0 spiro atoms. The van der Waals surface area contributed by atoms with Crippen molar-refractivity contribution in [1.29, 1.82) is 0 Å². The summed E-state index contributed by atoms with van der Waals surface area (Å²) in [5.74, 6) is 0.135. The molecule has 0 aliphatic heterocycles. The fourth-order valence-electron chi connectivity index (χ4n) is 1.22. The highest BCUT2D eigenvalue weighted by atomic mass is 35.5. The van der Waals surface area contributed by atoms with Crippen LogP contribution in [0.3, 0.4) is 0 Å². The average molecular weight is 302 g/mol. The van der Waals surface area contributed by atoms with Crippen molar-refractivity contribution in [3.8, 4) is 0 Å². The second-order valence-electron chi connectivity index (χ2n) is 3.62. The van der Waals surface area contributed by atoms with Crippen molar-refractivity contribution in [2.75, 3.05) is 11.6 Å². The van der Waals surface area contributed by atoms with Crippen molar-refractivity contribution in [2.24, 2.45) is 5.92 Å². The van der Waals surface area contributed by atoms with Gasteiger partial charge in [-0.05, 0) is 24.1 Å². The zero-order chi connectivity index (χ0) is 12.3. The van der Waals surface area contributed by atoms with E-state index < -0.39 is 9.84 Å². The van der Waals surface area contributed by atoms with Gasteiger partial charge in [0.15, 0.2) is 9.84 Å². The summed E-state index contributed by atoms with van der Waals surface area (Å²) in [6, 6.07) is 4.39. The summed E-state index contributed by atoms with van der Waals surface area (Å²) in [5.41, 5.74) is 0. The Kier molecular flexibility index (Phi) is 4.92. The first kappa shape index (κ1) is 14.1. The van der Waals surface area contributed by atoms with E-state index in [9.17, 15) is 8.42 Å². The Hall–Kier alpha value is 0.0400. The van der Waals surface area contributed by atoms with Crippen LogP contribution in [0.25, 0.3) is 0 Å². The third-order valence-electron chi connectivity index (χ3n) is 2.00. The van der Waals surface area contributed by atoms with Gasteiger partial charge in [-0.3, -0.25) is 0 Å². The Morgan fingerprint density at radius 2 is 1.94 bits per heavy atom. The molecule has 0 saturated heterocycles. The Balaban J connectivity index is 3.12. The second-order valence-corrected chi connectivity index (χ2v) is 6.77. The summed E-state index contributed by atoms with van der Waals surface area (Å²) in [7, 11) is -3.43. The monoisotopic (exact) mass is 300 g/mol. The molecule has 90 valence electrons. The minimum atomic E-state index is -3.43. The first-order valence-corrected chi connectivity index (χ1v) is 7.55. The molecule has 0 radical (unpaired) electrons. The Morgan fingerprint density at radius 3 is 2.50 bits per heavy atom. The van der Waals surface area contributed by atoms with Crippen LogP contribution >= 0.6 is 34.8 Å². The standard InChI is InChI=1S/C10H11Cl3O2S/c1-7(5-11)6-16(14,15)10-4-8(12)2-3-9(10)13/h2-4,7H,5-6H2,1H3. The highest BCUT2D eigenvalue weighted by Crippen LogP contribution is 2.27. The fraction of sp³-hybridized carbons (Fsp3) is 0.400. The van der Waals surface area contributed by atoms with Gasteiger partial charge in [-0.2, -0.15) is 0 Å². The van der Waals surface area contributed by atoms with E-state index >= 15 is 0 Å². The molecule has 16 heavy (non-hydrogen) atoms. The summed E-state index contributed by atoms with van der Waals surface area (Å²) in [6.07, 6.45) is 0. The predicted molar refractivity (Wildman–Crippen MR) is 68.4 cm³/mol. The molecule has 0 amide bonds. The van der Waals surface area contributed by atoms with Crippen molar-refractivity contribution < 1.29 is 8.42 Å². The van der Waals surface area contributed by atoms with E-state index in [0.717, 1.165) is 0 Å². The molecular weight excluding hydrogens is 291 g/mol. The van der Waals surface area contributed by atoms with E-state index in [-0.39, 0.29) is 27.5 Å². The molecular formula is C10H11Cl3O2S. The van der Waals surface area contributed by atoms with Crippen molar-refractivity contribution in [1.82, 2.24) is 0 Å². The van der Waals surface area contributed by atoms with E-state index in [0.29, 0.717) is 5.02 Å². The third-order valence-corrected chi connectivity index (χ3v) is 5.21. The molecule has 1 aromatic rings. The molecule has 1 aromatic carbocycles. The molecule has 1 atom stereocenters. The van der Waals surface area contributed by atoms with Crippen LogP contribution in [-0.4, -0.2) is 20.1 Å². The molecule has 0 bridgehead atoms. The van der Waals surface area contributed by atoms with Crippen LogP contribution in [0.1, 0.15) is 6.92 Å². The number of alkyl halides is 1. The minimum Gasteiger partial charge on any atom is -0.224 e. The topological polar surface area (TPSA) is 34.1 Å². The van der Waals surface area contributed by atoms with Gasteiger partial charge in [0.2, 0.25) is 0 Å². The van der Waals surface area contributed by atoms with Gasteiger partial charge in [0.1, 0.15) is 0 Å². The molecule has 1 rings (SSSR count). The molecule has 0 heterocycles. The van der Waals surface area contributed by atoms with Crippen LogP contribution < -0.4 is 0 Å².